The number of hydrogen-bond acceptors (Lipinski definition) is 3. The molecular formula is C13H26N2O2. The number of hydrogen-bond donors (Lipinski definition) is 1. The van der Waals surface area contributed by atoms with E-state index in [1.807, 2.05) is 7.05 Å². The van der Waals surface area contributed by atoms with E-state index in [1.54, 1.807) is 4.90 Å². The van der Waals surface area contributed by atoms with E-state index in [2.05, 4.69) is 13.8 Å². The molecule has 0 aromatic rings. The number of likely N-dealkylation sites (N-methyl/N-ethyl adjacent to an activating group) is 1. The van der Waals surface area contributed by atoms with Crippen molar-refractivity contribution in [2.45, 2.75) is 51.7 Å². The lowest BCUT2D eigenvalue weighted by atomic mass is 10.0. The third-order valence-electron chi connectivity index (χ3n) is 3.17. The molecule has 4 heteroatoms. The van der Waals surface area contributed by atoms with Crippen molar-refractivity contribution in [2.75, 3.05) is 20.2 Å². The second-order valence-corrected chi connectivity index (χ2v) is 5.44. The molecule has 1 saturated heterocycles. The molecule has 1 amide bonds. The Bertz CT molecular complexity index is 238. The summed E-state index contributed by atoms with van der Waals surface area (Å²) in [5, 5.41) is 0. The van der Waals surface area contributed by atoms with Crippen LogP contribution in [0.1, 0.15) is 39.5 Å². The maximum Gasteiger partial charge on any atom is 0.239 e. The van der Waals surface area contributed by atoms with E-state index in [0.717, 1.165) is 25.9 Å². The number of nitrogens with two attached hydrogens (primary N) is 1. The van der Waals surface area contributed by atoms with Gasteiger partial charge in [0.15, 0.2) is 0 Å². The minimum absolute atomic E-state index is 0.0351. The average molecular weight is 242 g/mol. The van der Waals surface area contributed by atoms with Crippen LogP contribution in [0.2, 0.25) is 0 Å². The molecule has 2 N–H and O–H groups in total. The Hall–Kier alpha value is -0.610. The summed E-state index contributed by atoms with van der Waals surface area (Å²) >= 11 is 0. The zero-order chi connectivity index (χ0) is 12.8. The zero-order valence-corrected chi connectivity index (χ0v) is 11.3. The van der Waals surface area contributed by atoms with Crippen LogP contribution in [0, 0.1) is 5.92 Å². The molecule has 0 spiro atoms. The van der Waals surface area contributed by atoms with Crippen LogP contribution in [0.25, 0.3) is 0 Å². The molecule has 1 rings (SSSR count). The van der Waals surface area contributed by atoms with Gasteiger partial charge in [0.05, 0.1) is 12.1 Å². The van der Waals surface area contributed by atoms with Crippen LogP contribution in [-0.2, 0) is 9.53 Å². The number of carbonyl (C=O) groups excluding carboxylic acids is 1. The van der Waals surface area contributed by atoms with Gasteiger partial charge < -0.3 is 15.4 Å². The van der Waals surface area contributed by atoms with Crippen molar-refractivity contribution in [1.29, 1.82) is 0 Å². The molecule has 17 heavy (non-hydrogen) atoms. The number of nitrogens with zero attached hydrogens (tertiary/aromatic N) is 1. The van der Waals surface area contributed by atoms with Gasteiger partial charge in [-0.15, -0.1) is 0 Å². The molecule has 2 atom stereocenters. The molecule has 100 valence electrons. The van der Waals surface area contributed by atoms with Gasteiger partial charge in [-0.05, 0) is 31.6 Å². The second-order valence-electron chi connectivity index (χ2n) is 5.44. The van der Waals surface area contributed by atoms with E-state index in [1.165, 1.54) is 6.42 Å². The standard InChI is InChI=1S/C13H26N2O2/c1-10(2)8-12(14)13(16)15(3)9-11-6-4-5-7-17-11/h10-12H,4-9,14H2,1-3H3/t11?,12-/m0/s1. The molecule has 0 aromatic carbocycles. The van der Waals surface area contributed by atoms with Crippen molar-refractivity contribution >= 4 is 5.91 Å². The van der Waals surface area contributed by atoms with Crippen LogP contribution in [0.3, 0.4) is 0 Å². The van der Waals surface area contributed by atoms with Gasteiger partial charge in [0, 0.05) is 20.2 Å². The molecule has 1 fully saturated rings. The Morgan fingerprint density at radius 3 is 2.71 bits per heavy atom. The van der Waals surface area contributed by atoms with Crippen LogP contribution in [-0.4, -0.2) is 43.2 Å². The maximum atomic E-state index is 12.0. The predicted octanol–water partition coefficient (Wildman–Crippen LogP) is 1.39. The van der Waals surface area contributed by atoms with Crippen molar-refractivity contribution in [2.24, 2.45) is 11.7 Å². The SMILES string of the molecule is CC(C)C[C@H](N)C(=O)N(C)CC1CCCCO1. The van der Waals surface area contributed by atoms with Gasteiger partial charge in [0.1, 0.15) is 0 Å². The molecule has 0 aromatic heterocycles. The van der Waals surface area contributed by atoms with Crippen molar-refractivity contribution in [1.82, 2.24) is 4.90 Å². The van der Waals surface area contributed by atoms with E-state index in [4.69, 9.17) is 10.5 Å². The highest BCUT2D eigenvalue weighted by Crippen LogP contribution is 2.14. The monoisotopic (exact) mass is 242 g/mol. The molecule has 1 aliphatic heterocycles. The molecule has 0 saturated carbocycles. The first-order chi connectivity index (χ1) is 8.00. The van der Waals surface area contributed by atoms with Gasteiger partial charge in [0.2, 0.25) is 5.91 Å². The lowest BCUT2D eigenvalue weighted by Crippen LogP contribution is -2.46. The maximum absolute atomic E-state index is 12.0. The fraction of sp³-hybridized carbons (Fsp3) is 0.923. The zero-order valence-electron chi connectivity index (χ0n) is 11.3. The normalized spacial score (nSPS) is 22.5. The highest BCUT2D eigenvalue weighted by atomic mass is 16.5. The second kappa shape index (κ2) is 6.97. The fourth-order valence-electron chi connectivity index (χ4n) is 2.24. The Balaban J connectivity index is 2.34. The summed E-state index contributed by atoms with van der Waals surface area (Å²) in [6.45, 7) is 5.66. The Morgan fingerprint density at radius 1 is 1.47 bits per heavy atom. The topological polar surface area (TPSA) is 55.6 Å². The number of ether oxygens (including phenoxy) is 1. The van der Waals surface area contributed by atoms with Crippen molar-refractivity contribution < 1.29 is 9.53 Å². The van der Waals surface area contributed by atoms with Crippen LogP contribution in [0.4, 0.5) is 0 Å². The van der Waals surface area contributed by atoms with Crippen LogP contribution in [0.5, 0.6) is 0 Å². The van der Waals surface area contributed by atoms with Gasteiger partial charge in [-0.25, -0.2) is 0 Å². The molecule has 0 aliphatic carbocycles. The summed E-state index contributed by atoms with van der Waals surface area (Å²) < 4.78 is 5.62. The fourth-order valence-corrected chi connectivity index (χ4v) is 2.24. The molecular weight excluding hydrogens is 216 g/mol. The summed E-state index contributed by atoms with van der Waals surface area (Å²) in [5.41, 5.74) is 5.89. The molecule has 0 radical (unpaired) electrons. The van der Waals surface area contributed by atoms with Crippen molar-refractivity contribution in [3.63, 3.8) is 0 Å². The number of rotatable bonds is 5. The lowest BCUT2D eigenvalue weighted by molar-refractivity contribution is -0.134. The molecule has 1 heterocycles. The first kappa shape index (κ1) is 14.5. The van der Waals surface area contributed by atoms with E-state index >= 15 is 0 Å². The third kappa shape index (κ3) is 5.04. The van der Waals surface area contributed by atoms with Gasteiger partial charge in [-0.3, -0.25) is 4.79 Å². The van der Waals surface area contributed by atoms with Crippen LogP contribution >= 0.6 is 0 Å². The molecule has 1 unspecified atom stereocenters. The molecule has 1 aliphatic rings. The minimum Gasteiger partial charge on any atom is -0.376 e. The molecule has 0 bridgehead atoms. The van der Waals surface area contributed by atoms with Crippen LogP contribution in [0.15, 0.2) is 0 Å². The van der Waals surface area contributed by atoms with E-state index in [0.29, 0.717) is 12.5 Å². The average Bonchev–Trinajstić information content (AvgIpc) is 2.28. The Morgan fingerprint density at radius 2 is 2.18 bits per heavy atom. The first-order valence-corrected chi connectivity index (χ1v) is 6.63. The smallest absolute Gasteiger partial charge is 0.239 e. The first-order valence-electron chi connectivity index (χ1n) is 6.63. The lowest BCUT2D eigenvalue weighted by Gasteiger charge is -2.29. The van der Waals surface area contributed by atoms with E-state index in [9.17, 15) is 4.79 Å². The van der Waals surface area contributed by atoms with E-state index in [-0.39, 0.29) is 18.1 Å². The van der Waals surface area contributed by atoms with Gasteiger partial charge in [-0.2, -0.15) is 0 Å². The highest BCUT2D eigenvalue weighted by Gasteiger charge is 2.23. The van der Waals surface area contributed by atoms with Gasteiger partial charge in [0.25, 0.3) is 0 Å². The van der Waals surface area contributed by atoms with Crippen molar-refractivity contribution in [3.8, 4) is 0 Å². The summed E-state index contributed by atoms with van der Waals surface area (Å²) in [6, 6.07) is -0.372. The van der Waals surface area contributed by atoms with Crippen molar-refractivity contribution in [3.05, 3.63) is 0 Å². The van der Waals surface area contributed by atoms with Gasteiger partial charge >= 0.3 is 0 Å². The summed E-state index contributed by atoms with van der Waals surface area (Å²) in [5.74, 6) is 0.487. The van der Waals surface area contributed by atoms with E-state index < -0.39 is 0 Å². The minimum atomic E-state index is -0.372. The summed E-state index contributed by atoms with van der Waals surface area (Å²) in [7, 11) is 1.82. The number of amides is 1. The highest BCUT2D eigenvalue weighted by molar-refractivity contribution is 5.81. The predicted molar refractivity (Wildman–Crippen MR) is 68.7 cm³/mol. The molecule has 4 nitrogen and oxygen atoms in total. The Kier molecular flexibility index (Phi) is 5.92. The van der Waals surface area contributed by atoms with Crippen LogP contribution < -0.4 is 5.73 Å². The van der Waals surface area contributed by atoms with Gasteiger partial charge in [-0.1, -0.05) is 13.8 Å². The summed E-state index contributed by atoms with van der Waals surface area (Å²) in [6.07, 6.45) is 4.33. The summed E-state index contributed by atoms with van der Waals surface area (Å²) in [4.78, 5) is 13.7. The number of carbonyl (C=O) groups is 1. The third-order valence-corrected chi connectivity index (χ3v) is 3.17. The Labute approximate surface area is 104 Å². The quantitative estimate of drug-likeness (QED) is 0.792. The largest absolute Gasteiger partial charge is 0.376 e.